The lowest BCUT2D eigenvalue weighted by Gasteiger charge is -2.27. The Morgan fingerprint density at radius 3 is 0.955 bits per heavy atom. The molecule has 0 radical (unpaired) electrons. The SMILES string of the molecule is C(C=Cc1cc(N(c2ccccc2)c2ccc(-c3ccc(N(c4ccccc4)c4cc(C=CC=Cc5ccccc5)c5ccccc5c4)cc3)cc2)cc2ccccc12)=Cc1ccccc1. The van der Waals surface area contributed by atoms with Crippen molar-refractivity contribution in [3.05, 3.63) is 289 Å². The number of fused-ring (bicyclic) bond motifs is 2. The molecular weight excluding hydrogens is 797 g/mol. The zero-order chi connectivity index (χ0) is 44.3. The Kier molecular flexibility index (Phi) is 12.4. The molecule has 0 unspecified atom stereocenters. The molecule has 0 aliphatic heterocycles. The van der Waals surface area contributed by atoms with Gasteiger partial charge in [-0.25, -0.2) is 0 Å². The summed E-state index contributed by atoms with van der Waals surface area (Å²) in [4.78, 5) is 4.70. The Bertz CT molecular complexity index is 3090. The van der Waals surface area contributed by atoms with E-state index in [-0.39, 0.29) is 0 Å². The van der Waals surface area contributed by atoms with Gasteiger partial charge in [-0.1, -0.05) is 218 Å². The van der Waals surface area contributed by atoms with E-state index < -0.39 is 0 Å². The van der Waals surface area contributed by atoms with Crippen LogP contribution in [0.3, 0.4) is 0 Å². The highest BCUT2D eigenvalue weighted by Crippen LogP contribution is 2.41. The summed E-state index contributed by atoms with van der Waals surface area (Å²) in [5.74, 6) is 0. The topological polar surface area (TPSA) is 6.48 Å². The van der Waals surface area contributed by atoms with Crippen LogP contribution in [0.4, 0.5) is 34.1 Å². The highest BCUT2D eigenvalue weighted by molar-refractivity contribution is 5.97. The zero-order valence-electron chi connectivity index (χ0n) is 36.6. The van der Waals surface area contributed by atoms with E-state index in [9.17, 15) is 0 Å². The summed E-state index contributed by atoms with van der Waals surface area (Å²) < 4.78 is 0. The number of anilines is 6. The minimum atomic E-state index is 1.09. The molecule has 0 heterocycles. The number of allylic oxidation sites excluding steroid dienone is 4. The van der Waals surface area contributed by atoms with Crippen molar-refractivity contribution in [2.75, 3.05) is 9.80 Å². The summed E-state index contributed by atoms with van der Waals surface area (Å²) in [5.41, 5.74) is 13.5. The molecule has 10 aromatic rings. The first-order chi connectivity index (χ1) is 32.7. The first kappa shape index (κ1) is 41.3. The fraction of sp³-hybridized carbons (Fsp3) is 0. The number of rotatable bonds is 13. The molecule has 0 N–H and O–H groups in total. The maximum Gasteiger partial charge on any atom is 0.0473 e. The third kappa shape index (κ3) is 9.45. The van der Waals surface area contributed by atoms with E-state index in [0.717, 1.165) is 56.4 Å². The fourth-order valence-corrected chi connectivity index (χ4v) is 8.62. The van der Waals surface area contributed by atoms with E-state index in [1.165, 1.54) is 32.7 Å². The Hall–Kier alpha value is -8.72. The van der Waals surface area contributed by atoms with Crippen molar-refractivity contribution in [2.24, 2.45) is 0 Å². The summed E-state index contributed by atoms with van der Waals surface area (Å²) >= 11 is 0. The molecule has 314 valence electrons. The van der Waals surface area contributed by atoms with Gasteiger partial charge < -0.3 is 9.80 Å². The number of benzene rings is 10. The van der Waals surface area contributed by atoms with Gasteiger partial charge in [-0.05, 0) is 128 Å². The average molecular weight is 845 g/mol. The van der Waals surface area contributed by atoms with E-state index in [4.69, 9.17) is 0 Å². The van der Waals surface area contributed by atoms with Crippen molar-refractivity contribution in [1.82, 2.24) is 0 Å². The number of nitrogens with zero attached hydrogens (tertiary/aromatic N) is 2. The minimum Gasteiger partial charge on any atom is -0.310 e. The Morgan fingerprint density at radius 2 is 0.561 bits per heavy atom. The van der Waals surface area contributed by atoms with Gasteiger partial charge in [-0.15, -0.1) is 0 Å². The molecule has 10 aromatic carbocycles. The third-order valence-electron chi connectivity index (χ3n) is 11.8. The first-order valence-corrected chi connectivity index (χ1v) is 22.5. The smallest absolute Gasteiger partial charge is 0.0473 e. The number of para-hydroxylation sites is 2. The average Bonchev–Trinajstić information content (AvgIpc) is 3.38. The standard InChI is InChI=1S/C64H48N2/c1-5-21-49(22-6-1)25-13-15-27-53-45-61(47-55-29-17-19-35-63(53)55)65(57-31-9-3-10-32-57)59-41-37-51(38-42-59)52-39-43-60(44-40-52)66(58-33-11-4-12-34-58)62-46-54(64-36-20-18-30-56(64)48-62)28-16-14-26-50-23-7-2-8-24-50/h1-48H. The summed E-state index contributed by atoms with van der Waals surface area (Å²) in [6.07, 6.45) is 17.2. The van der Waals surface area contributed by atoms with Crippen LogP contribution in [0.5, 0.6) is 0 Å². The van der Waals surface area contributed by atoms with E-state index in [0.29, 0.717) is 0 Å². The predicted octanol–water partition coefficient (Wildman–Crippen LogP) is 18.1. The molecule has 0 spiro atoms. The van der Waals surface area contributed by atoms with Crippen LogP contribution < -0.4 is 9.80 Å². The van der Waals surface area contributed by atoms with E-state index >= 15 is 0 Å². The summed E-state index contributed by atoms with van der Waals surface area (Å²) in [5, 5.41) is 4.81. The number of hydrogen-bond donors (Lipinski definition) is 0. The number of hydrogen-bond acceptors (Lipinski definition) is 2. The monoisotopic (exact) mass is 844 g/mol. The second-order valence-corrected chi connectivity index (χ2v) is 16.2. The van der Waals surface area contributed by atoms with Crippen LogP contribution in [0.1, 0.15) is 22.3 Å². The van der Waals surface area contributed by atoms with Gasteiger partial charge in [0.2, 0.25) is 0 Å². The fourth-order valence-electron chi connectivity index (χ4n) is 8.62. The van der Waals surface area contributed by atoms with Crippen LogP contribution in [0.15, 0.2) is 267 Å². The molecule has 0 aliphatic rings. The highest BCUT2D eigenvalue weighted by atomic mass is 15.1. The molecule has 0 atom stereocenters. The maximum absolute atomic E-state index is 2.35. The normalized spacial score (nSPS) is 11.7. The molecule has 0 bridgehead atoms. The lowest BCUT2D eigenvalue weighted by Crippen LogP contribution is -2.10. The Morgan fingerprint density at radius 1 is 0.242 bits per heavy atom. The van der Waals surface area contributed by atoms with Crippen LogP contribution in [-0.4, -0.2) is 0 Å². The summed E-state index contributed by atoms with van der Waals surface area (Å²) in [6, 6.07) is 86.4. The van der Waals surface area contributed by atoms with Crippen molar-refractivity contribution in [2.45, 2.75) is 0 Å². The highest BCUT2D eigenvalue weighted by Gasteiger charge is 2.17. The summed E-state index contributed by atoms with van der Waals surface area (Å²) in [6.45, 7) is 0. The van der Waals surface area contributed by atoms with Crippen LogP contribution in [0, 0.1) is 0 Å². The van der Waals surface area contributed by atoms with E-state index in [1.807, 2.05) is 12.1 Å². The molecule has 0 saturated heterocycles. The maximum atomic E-state index is 2.35. The molecule has 0 aromatic heterocycles. The van der Waals surface area contributed by atoms with Gasteiger partial charge >= 0.3 is 0 Å². The minimum absolute atomic E-state index is 1.09. The van der Waals surface area contributed by atoms with E-state index in [1.54, 1.807) is 0 Å². The van der Waals surface area contributed by atoms with Crippen LogP contribution in [-0.2, 0) is 0 Å². The van der Waals surface area contributed by atoms with Crippen molar-refractivity contribution in [3.8, 4) is 11.1 Å². The van der Waals surface area contributed by atoms with Gasteiger partial charge in [0.1, 0.15) is 0 Å². The van der Waals surface area contributed by atoms with Gasteiger partial charge in [0.05, 0.1) is 0 Å². The van der Waals surface area contributed by atoms with E-state index in [2.05, 4.69) is 289 Å². The van der Waals surface area contributed by atoms with Crippen molar-refractivity contribution < 1.29 is 0 Å². The van der Waals surface area contributed by atoms with Crippen molar-refractivity contribution in [1.29, 1.82) is 0 Å². The molecule has 0 fully saturated rings. The van der Waals surface area contributed by atoms with Crippen LogP contribution >= 0.6 is 0 Å². The second kappa shape index (κ2) is 19.8. The molecule has 2 nitrogen and oxygen atoms in total. The zero-order valence-corrected chi connectivity index (χ0v) is 36.6. The largest absolute Gasteiger partial charge is 0.310 e. The Labute approximate surface area is 388 Å². The molecular formula is C64H48N2. The van der Waals surface area contributed by atoms with Gasteiger partial charge in [-0.3, -0.25) is 0 Å². The Balaban J connectivity index is 0.965. The summed E-state index contributed by atoms with van der Waals surface area (Å²) in [7, 11) is 0. The van der Waals surface area contributed by atoms with Crippen molar-refractivity contribution in [3.63, 3.8) is 0 Å². The van der Waals surface area contributed by atoms with Gasteiger partial charge in [-0.2, -0.15) is 0 Å². The molecule has 2 heteroatoms. The second-order valence-electron chi connectivity index (χ2n) is 16.2. The molecule has 10 rings (SSSR count). The first-order valence-electron chi connectivity index (χ1n) is 22.5. The lowest BCUT2D eigenvalue weighted by molar-refractivity contribution is 1.28. The quantitative estimate of drug-likeness (QED) is 0.107. The third-order valence-corrected chi connectivity index (χ3v) is 11.8. The van der Waals surface area contributed by atoms with Crippen molar-refractivity contribution >= 4 is 80.0 Å². The van der Waals surface area contributed by atoms with Gasteiger partial charge in [0, 0.05) is 34.1 Å². The molecule has 66 heavy (non-hydrogen) atoms. The molecule has 0 saturated carbocycles. The van der Waals surface area contributed by atoms with Crippen LogP contribution in [0.25, 0.3) is 57.0 Å². The van der Waals surface area contributed by atoms with Crippen LogP contribution in [0.2, 0.25) is 0 Å². The predicted molar refractivity (Wildman–Crippen MR) is 285 cm³/mol. The van der Waals surface area contributed by atoms with Gasteiger partial charge in [0.15, 0.2) is 0 Å². The van der Waals surface area contributed by atoms with Gasteiger partial charge in [0.25, 0.3) is 0 Å². The molecule has 0 amide bonds. The lowest BCUT2D eigenvalue weighted by atomic mass is 10.0. The molecule has 0 aliphatic carbocycles.